The van der Waals surface area contributed by atoms with E-state index >= 15 is 0 Å². The van der Waals surface area contributed by atoms with Crippen LogP contribution in [-0.4, -0.2) is 37.3 Å². The van der Waals surface area contributed by atoms with Gasteiger partial charge in [-0.1, -0.05) is 110 Å². The molecule has 0 aromatic rings. The van der Waals surface area contributed by atoms with Crippen molar-refractivity contribution in [3.63, 3.8) is 0 Å². The molecule has 0 N–H and O–H groups in total. The van der Waals surface area contributed by atoms with E-state index in [-0.39, 0.29) is 12.2 Å². The van der Waals surface area contributed by atoms with Gasteiger partial charge < -0.3 is 4.74 Å². The Kier molecular flexibility index (Phi) is 18.6. The second kappa shape index (κ2) is 19.2. The van der Waals surface area contributed by atoms with Crippen molar-refractivity contribution in [1.82, 2.24) is 0 Å². The summed E-state index contributed by atoms with van der Waals surface area (Å²) in [6.07, 6.45) is 24.9. The minimum atomic E-state index is -0.328. The molecular formula is C26H52NO2+. The van der Waals surface area contributed by atoms with Gasteiger partial charge in [-0.15, -0.1) is 0 Å². The molecule has 0 aromatic heterocycles. The van der Waals surface area contributed by atoms with Crippen molar-refractivity contribution in [3.8, 4) is 0 Å². The monoisotopic (exact) mass is 410 g/mol. The van der Waals surface area contributed by atoms with E-state index in [9.17, 15) is 4.79 Å². The standard InChI is InChI=1S/C26H52NO2/c1-6-8-9-10-11-12-13-14-15-16-17-18-19-20-21-22-23-24-27(4,5)25(3)29-26(28)7-2/h7,25H,2,6,8-24H2,1,3-5H3/q+1. The van der Waals surface area contributed by atoms with E-state index in [2.05, 4.69) is 27.6 Å². The van der Waals surface area contributed by atoms with Crippen LogP contribution in [0, 0.1) is 0 Å². The average molecular weight is 411 g/mol. The van der Waals surface area contributed by atoms with Gasteiger partial charge in [0.1, 0.15) is 0 Å². The molecule has 0 rings (SSSR count). The number of quaternary nitrogens is 1. The molecule has 0 amide bonds. The van der Waals surface area contributed by atoms with E-state index < -0.39 is 0 Å². The summed E-state index contributed by atoms with van der Waals surface area (Å²) in [5, 5.41) is 0. The van der Waals surface area contributed by atoms with Crippen LogP contribution in [0.15, 0.2) is 12.7 Å². The first kappa shape index (κ1) is 28.2. The first-order valence-corrected chi connectivity index (χ1v) is 12.6. The number of ether oxygens (including phenoxy) is 1. The molecule has 1 atom stereocenters. The van der Waals surface area contributed by atoms with Gasteiger partial charge in [0.2, 0.25) is 6.23 Å². The van der Waals surface area contributed by atoms with Gasteiger partial charge in [-0.3, -0.25) is 4.48 Å². The molecule has 0 saturated heterocycles. The lowest BCUT2D eigenvalue weighted by atomic mass is 10.0. The summed E-state index contributed by atoms with van der Waals surface area (Å²) in [4.78, 5) is 11.4. The lowest BCUT2D eigenvalue weighted by Crippen LogP contribution is -2.49. The predicted molar refractivity (Wildman–Crippen MR) is 127 cm³/mol. The fraction of sp³-hybridized carbons (Fsp3) is 0.885. The van der Waals surface area contributed by atoms with Gasteiger partial charge in [-0.2, -0.15) is 0 Å². The third kappa shape index (κ3) is 17.7. The summed E-state index contributed by atoms with van der Waals surface area (Å²) < 4.78 is 6.08. The molecule has 0 aliphatic heterocycles. The molecular weight excluding hydrogens is 358 g/mol. The summed E-state index contributed by atoms with van der Waals surface area (Å²) in [5.74, 6) is -0.328. The van der Waals surface area contributed by atoms with Crippen molar-refractivity contribution in [2.24, 2.45) is 0 Å². The minimum absolute atomic E-state index is 0.124. The number of rotatable bonds is 21. The molecule has 0 saturated carbocycles. The van der Waals surface area contributed by atoms with Crippen molar-refractivity contribution >= 4 is 5.97 Å². The van der Waals surface area contributed by atoms with E-state index in [4.69, 9.17) is 4.74 Å². The van der Waals surface area contributed by atoms with Crippen LogP contribution in [0.3, 0.4) is 0 Å². The van der Waals surface area contributed by atoms with E-state index in [1.54, 1.807) is 0 Å². The van der Waals surface area contributed by atoms with Gasteiger partial charge >= 0.3 is 5.97 Å². The maximum absolute atomic E-state index is 11.4. The normalized spacial score (nSPS) is 12.7. The van der Waals surface area contributed by atoms with Gasteiger partial charge in [-0.05, 0) is 12.8 Å². The van der Waals surface area contributed by atoms with Crippen molar-refractivity contribution in [2.75, 3.05) is 20.6 Å². The molecule has 0 spiro atoms. The van der Waals surface area contributed by atoms with Crippen molar-refractivity contribution < 1.29 is 14.0 Å². The molecule has 0 aliphatic rings. The summed E-state index contributed by atoms with van der Waals surface area (Å²) in [7, 11) is 4.26. The summed E-state index contributed by atoms with van der Waals surface area (Å²) in [6.45, 7) is 8.76. The van der Waals surface area contributed by atoms with Crippen LogP contribution in [-0.2, 0) is 9.53 Å². The molecule has 3 nitrogen and oxygen atoms in total. The van der Waals surface area contributed by atoms with Crippen molar-refractivity contribution in [1.29, 1.82) is 0 Å². The second-order valence-corrected chi connectivity index (χ2v) is 9.40. The zero-order valence-electron chi connectivity index (χ0n) is 20.4. The highest BCUT2D eigenvalue weighted by atomic mass is 16.6. The Labute approximate surface area is 182 Å². The van der Waals surface area contributed by atoms with Crippen molar-refractivity contribution in [2.45, 2.75) is 129 Å². The molecule has 0 fully saturated rings. The highest BCUT2D eigenvalue weighted by Gasteiger charge is 2.25. The number of hydrogen-bond donors (Lipinski definition) is 0. The van der Waals surface area contributed by atoms with Crippen LogP contribution in [0.2, 0.25) is 0 Å². The van der Waals surface area contributed by atoms with Gasteiger partial charge in [0.05, 0.1) is 20.6 Å². The van der Waals surface area contributed by atoms with E-state index in [1.165, 1.54) is 115 Å². The molecule has 0 aliphatic carbocycles. The summed E-state index contributed by atoms with van der Waals surface area (Å²) in [6, 6.07) is 0. The lowest BCUT2D eigenvalue weighted by molar-refractivity contribution is -0.932. The predicted octanol–water partition coefficient (Wildman–Crippen LogP) is 7.79. The van der Waals surface area contributed by atoms with Crippen LogP contribution in [0.4, 0.5) is 0 Å². The fourth-order valence-electron chi connectivity index (χ4n) is 3.78. The van der Waals surface area contributed by atoms with E-state index in [0.29, 0.717) is 0 Å². The average Bonchev–Trinajstić information content (AvgIpc) is 2.70. The summed E-state index contributed by atoms with van der Waals surface area (Å²) in [5.41, 5.74) is 0. The second-order valence-electron chi connectivity index (χ2n) is 9.40. The summed E-state index contributed by atoms with van der Waals surface area (Å²) >= 11 is 0. The SMILES string of the molecule is C=CC(=O)OC(C)[N+](C)(C)CCCCCCCCCCCCCCCCCCC. The molecule has 0 aromatic carbocycles. The van der Waals surface area contributed by atoms with Crippen LogP contribution < -0.4 is 0 Å². The molecule has 0 radical (unpaired) electrons. The van der Waals surface area contributed by atoms with Crippen LogP contribution in [0.1, 0.15) is 123 Å². The molecule has 3 heteroatoms. The number of hydrogen-bond acceptors (Lipinski definition) is 2. The Morgan fingerprint density at radius 1 is 0.759 bits per heavy atom. The number of carbonyl (C=O) groups excluding carboxylic acids is 1. The highest BCUT2D eigenvalue weighted by molar-refractivity contribution is 5.81. The first-order valence-electron chi connectivity index (χ1n) is 12.6. The first-order chi connectivity index (χ1) is 13.9. The molecule has 1 unspecified atom stereocenters. The van der Waals surface area contributed by atoms with Gasteiger partial charge in [-0.25, -0.2) is 4.79 Å². The molecule has 172 valence electrons. The Morgan fingerprint density at radius 2 is 1.10 bits per heavy atom. The van der Waals surface area contributed by atoms with Crippen LogP contribution in [0.5, 0.6) is 0 Å². The highest BCUT2D eigenvalue weighted by Crippen LogP contribution is 2.15. The number of carbonyl (C=O) groups is 1. The van der Waals surface area contributed by atoms with Crippen LogP contribution >= 0.6 is 0 Å². The Balaban J connectivity index is 3.37. The minimum Gasteiger partial charge on any atom is -0.410 e. The van der Waals surface area contributed by atoms with Gasteiger partial charge in [0.15, 0.2) is 0 Å². The number of unbranched alkanes of at least 4 members (excludes halogenated alkanes) is 16. The zero-order chi connectivity index (χ0) is 21.8. The third-order valence-electron chi connectivity index (χ3n) is 6.28. The maximum Gasteiger partial charge on any atom is 0.334 e. The quantitative estimate of drug-likeness (QED) is 0.0634. The zero-order valence-corrected chi connectivity index (χ0v) is 20.4. The van der Waals surface area contributed by atoms with Crippen LogP contribution in [0.25, 0.3) is 0 Å². The van der Waals surface area contributed by atoms with Gasteiger partial charge in [0, 0.05) is 13.0 Å². The fourth-order valence-corrected chi connectivity index (χ4v) is 3.78. The Morgan fingerprint density at radius 3 is 1.45 bits per heavy atom. The van der Waals surface area contributed by atoms with Gasteiger partial charge in [0.25, 0.3) is 0 Å². The third-order valence-corrected chi connectivity index (χ3v) is 6.28. The Hall–Kier alpha value is -0.830. The van der Waals surface area contributed by atoms with Crippen molar-refractivity contribution in [3.05, 3.63) is 12.7 Å². The lowest BCUT2D eigenvalue weighted by Gasteiger charge is -2.34. The smallest absolute Gasteiger partial charge is 0.334 e. The maximum atomic E-state index is 11.4. The van der Waals surface area contributed by atoms with E-state index in [1.807, 2.05) is 6.92 Å². The molecule has 0 bridgehead atoms. The topological polar surface area (TPSA) is 26.3 Å². The molecule has 0 heterocycles. The Bertz CT molecular complexity index is 392. The van der Waals surface area contributed by atoms with E-state index in [0.717, 1.165) is 11.0 Å². The largest absolute Gasteiger partial charge is 0.410 e. The number of nitrogens with zero attached hydrogens (tertiary/aromatic N) is 1. The molecule has 29 heavy (non-hydrogen) atoms. The number of esters is 1.